The Balaban J connectivity index is 2.90. The fourth-order valence-corrected chi connectivity index (χ4v) is 3.33. The van der Waals surface area contributed by atoms with Crippen LogP contribution in [0.15, 0.2) is 46.8 Å². The number of ether oxygens (including phenoxy) is 2. The van der Waals surface area contributed by atoms with Crippen molar-refractivity contribution in [1.29, 1.82) is 0 Å². The fourth-order valence-electron chi connectivity index (χ4n) is 3.33. The van der Waals surface area contributed by atoms with Gasteiger partial charge < -0.3 is 14.8 Å². The third-order valence-corrected chi connectivity index (χ3v) is 4.50. The number of allylic oxidation sites excluding steroid dienone is 2. The average Bonchev–Trinajstić information content (AvgIpc) is 2.72. The summed E-state index contributed by atoms with van der Waals surface area (Å²) in [5.41, 5.74) is -1.01. The number of nitrogens with zero attached hydrogens (tertiary/aromatic N) is 1. The fraction of sp³-hybridized carbons (Fsp3) is 0.333. The number of hydrogen-bond donors (Lipinski definition) is 1. The van der Waals surface area contributed by atoms with Gasteiger partial charge in [-0.25, -0.2) is 9.59 Å². The second kappa shape index (κ2) is 9.79. The Kier molecular flexibility index (Phi) is 7.41. The lowest BCUT2D eigenvalue weighted by Crippen LogP contribution is -2.38. The molecule has 1 aromatic carbocycles. The van der Waals surface area contributed by atoms with Crippen LogP contribution in [0.25, 0.3) is 0 Å². The molecule has 0 aromatic heterocycles. The number of benzene rings is 1. The molecule has 0 saturated carbocycles. The molecule has 1 heterocycles. The Hall–Kier alpha value is -3.82. The third-order valence-electron chi connectivity index (χ3n) is 4.50. The highest BCUT2D eigenvalue weighted by molar-refractivity contribution is 6.12. The maximum absolute atomic E-state index is 12.6. The molecule has 10 nitrogen and oxygen atoms in total. The van der Waals surface area contributed by atoms with E-state index in [-0.39, 0.29) is 47.0 Å². The van der Waals surface area contributed by atoms with E-state index >= 15 is 0 Å². The molecule has 0 spiro atoms. The second-order valence-electron chi connectivity index (χ2n) is 6.54. The number of Topliss-reactive ketones (excluding diaryl/α,β-unsaturated/α-hetero) is 2. The van der Waals surface area contributed by atoms with Gasteiger partial charge in [0.1, 0.15) is 11.4 Å². The van der Waals surface area contributed by atoms with Crippen LogP contribution in [0.3, 0.4) is 0 Å². The summed E-state index contributed by atoms with van der Waals surface area (Å²) in [7, 11) is 0. The molecule has 0 radical (unpaired) electrons. The standard InChI is InChI=1S/C21H22N2O8/c1-5-30-20(26)18-15(11(3)24)17(13-8-7-9-14(10-13)23(28)29)16(12(4)25)19(22-18)21(27)31-6-2/h7-10,17,22H,5-6H2,1-4H3. The van der Waals surface area contributed by atoms with Gasteiger partial charge in [0.2, 0.25) is 0 Å². The molecule has 0 bridgehead atoms. The maximum atomic E-state index is 12.6. The van der Waals surface area contributed by atoms with E-state index in [0.29, 0.717) is 0 Å². The molecule has 0 unspecified atom stereocenters. The van der Waals surface area contributed by atoms with E-state index in [2.05, 4.69) is 5.32 Å². The van der Waals surface area contributed by atoms with Crippen LogP contribution in [-0.4, -0.2) is 41.6 Å². The first kappa shape index (κ1) is 23.5. The van der Waals surface area contributed by atoms with Crippen molar-refractivity contribution < 1.29 is 33.6 Å². The number of non-ortho nitro benzene ring substituents is 1. The number of hydrogen-bond acceptors (Lipinski definition) is 9. The Morgan fingerprint density at radius 3 is 1.84 bits per heavy atom. The zero-order valence-electron chi connectivity index (χ0n) is 17.5. The van der Waals surface area contributed by atoms with Crippen LogP contribution in [0.4, 0.5) is 5.69 Å². The lowest BCUT2D eigenvalue weighted by atomic mass is 9.77. The molecule has 0 fully saturated rings. The van der Waals surface area contributed by atoms with E-state index in [1.54, 1.807) is 13.8 Å². The summed E-state index contributed by atoms with van der Waals surface area (Å²) in [6.07, 6.45) is 0. The van der Waals surface area contributed by atoms with Gasteiger partial charge in [0, 0.05) is 29.2 Å². The van der Waals surface area contributed by atoms with Gasteiger partial charge in [-0.05, 0) is 33.3 Å². The minimum absolute atomic E-state index is 0.00526. The first-order chi connectivity index (χ1) is 14.6. The predicted octanol–water partition coefficient (Wildman–Crippen LogP) is 2.09. The van der Waals surface area contributed by atoms with Crippen LogP contribution in [0.1, 0.15) is 39.2 Å². The normalized spacial score (nSPS) is 14.1. The van der Waals surface area contributed by atoms with E-state index in [9.17, 15) is 29.3 Å². The van der Waals surface area contributed by atoms with Gasteiger partial charge in [-0.2, -0.15) is 0 Å². The number of nitrogens with one attached hydrogen (secondary N) is 1. The maximum Gasteiger partial charge on any atom is 0.355 e. The largest absolute Gasteiger partial charge is 0.461 e. The third kappa shape index (κ3) is 4.85. The highest BCUT2D eigenvalue weighted by Crippen LogP contribution is 2.40. The number of nitro groups is 1. The number of dihydropyridines is 1. The van der Waals surface area contributed by atoms with Gasteiger partial charge in [-0.15, -0.1) is 0 Å². The molecular weight excluding hydrogens is 408 g/mol. The molecule has 2 rings (SSSR count). The number of ketones is 2. The number of nitro benzene ring substituents is 1. The van der Waals surface area contributed by atoms with E-state index < -0.39 is 34.3 Å². The van der Waals surface area contributed by atoms with Crippen LogP contribution in [0.2, 0.25) is 0 Å². The molecule has 0 saturated heterocycles. The Morgan fingerprint density at radius 2 is 1.45 bits per heavy atom. The van der Waals surface area contributed by atoms with Crippen LogP contribution in [0, 0.1) is 10.1 Å². The van der Waals surface area contributed by atoms with E-state index in [1.807, 2.05) is 0 Å². The molecule has 10 heteroatoms. The minimum Gasteiger partial charge on any atom is -0.461 e. The first-order valence-corrected chi connectivity index (χ1v) is 9.49. The van der Waals surface area contributed by atoms with Crippen molar-refractivity contribution >= 4 is 29.2 Å². The smallest absolute Gasteiger partial charge is 0.355 e. The minimum atomic E-state index is -1.21. The first-order valence-electron chi connectivity index (χ1n) is 9.49. The summed E-state index contributed by atoms with van der Waals surface area (Å²) < 4.78 is 10.0. The molecule has 0 amide bonds. The van der Waals surface area contributed by atoms with Crippen LogP contribution in [-0.2, 0) is 28.7 Å². The lowest BCUT2D eigenvalue weighted by molar-refractivity contribution is -0.384. The monoisotopic (exact) mass is 430 g/mol. The Morgan fingerprint density at radius 1 is 0.968 bits per heavy atom. The molecule has 31 heavy (non-hydrogen) atoms. The molecule has 1 aliphatic heterocycles. The molecule has 1 aliphatic rings. The molecule has 0 atom stereocenters. The summed E-state index contributed by atoms with van der Waals surface area (Å²) in [6.45, 7) is 5.50. The molecule has 164 valence electrons. The Bertz CT molecular complexity index is 970. The summed E-state index contributed by atoms with van der Waals surface area (Å²) in [6, 6.07) is 5.30. The SMILES string of the molecule is CCOC(=O)C1=C(C(C)=O)C(c2cccc([N+](=O)[O-])c2)C(C(C)=O)=C(C(=O)OCC)N1. The van der Waals surface area contributed by atoms with Gasteiger partial charge >= 0.3 is 11.9 Å². The van der Waals surface area contributed by atoms with Crippen molar-refractivity contribution in [2.24, 2.45) is 0 Å². The van der Waals surface area contributed by atoms with E-state index in [4.69, 9.17) is 9.47 Å². The van der Waals surface area contributed by atoms with Crippen molar-refractivity contribution in [2.75, 3.05) is 13.2 Å². The number of carbonyl (C=O) groups excluding carboxylic acids is 4. The van der Waals surface area contributed by atoms with Gasteiger partial charge in [0.05, 0.1) is 18.1 Å². The van der Waals surface area contributed by atoms with Crippen molar-refractivity contribution in [3.8, 4) is 0 Å². The van der Waals surface area contributed by atoms with Gasteiger partial charge in [-0.1, -0.05) is 12.1 Å². The lowest BCUT2D eigenvalue weighted by Gasteiger charge is -2.30. The van der Waals surface area contributed by atoms with E-state index in [0.717, 1.165) is 0 Å². The Labute approximate surface area is 178 Å². The van der Waals surface area contributed by atoms with Crippen molar-refractivity contribution in [3.05, 3.63) is 62.5 Å². The zero-order chi connectivity index (χ0) is 23.3. The molecule has 1 aromatic rings. The van der Waals surface area contributed by atoms with Gasteiger partial charge in [-0.3, -0.25) is 19.7 Å². The highest BCUT2D eigenvalue weighted by Gasteiger charge is 2.41. The quantitative estimate of drug-likeness (QED) is 0.372. The summed E-state index contributed by atoms with van der Waals surface area (Å²) >= 11 is 0. The summed E-state index contributed by atoms with van der Waals surface area (Å²) in [5, 5.41) is 13.8. The molecule has 0 aliphatic carbocycles. The molecular formula is C21H22N2O8. The van der Waals surface area contributed by atoms with E-state index in [1.165, 1.54) is 38.1 Å². The zero-order valence-corrected chi connectivity index (χ0v) is 17.5. The molecule has 1 N–H and O–H groups in total. The topological polar surface area (TPSA) is 142 Å². The van der Waals surface area contributed by atoms with Crippen molar-refractivity contribution in [3.63, 3.8) is 0 Å². The van der Waals surface area contributed by atoms with Gasteiger partial charge in [0.15, 0.2) is 11.6 Å². The van der Waals surface area contributed by atoms with Crippen LogP contribution < -0.4 is 5.32 Å². The van der Waals surface area contributed by atoms with Gasteiger partial charge in [0.25, 0.3) is 5.69 Å². The number of esters is 2. The predicted molar refractivity (Wildman–Crippen MR) is 108 cm³/mol. The van der Waals surface area contributed by atoms with Crippen molar-refractivity contribution in [2.45, 2.75) is 33.6 Å². The second-order valence-corrected chi connectivity index (χ2v) is 6.54. The number of rotatable bonds is 8. The van der Waals surface area contributed by atoms with Crippen molar-refractivity contribution in [1.82, 2.24) is 5.32 Å². The summed E-state index contributed by atoms with van der Waals surface area (Å²) in [4.78, 5) is 61.1. The highest BCUT2D eigenvalue weighted by atomic mass is 16.6. The summed E-state index contributed by atoms with van der Waals surface area (Å²) in [5.74, 6) is -4.18. The van der Waals surface area contributed by atoms with Crippen LogP contribution in [0.5, 0.6) is 0 Å². The van der Waals surface area contributed by atoms with Crippen LogP contribution >= 0.6 is 0 Å². The number of carbonyl (C=O) groups is 4. The average molecular weight is 430 g/mol.